The Hall–Kier alpha value is -1.20. The van der Waals surface area contributed by atoms with E-state index in [4.69, 9.17) is 9.84 Å². The Balaban J connectivity index is 3.13. The van der Waals surface area contributed by atoms with E-state index in [-0.39, 0.29) is 18.3 Å². The lowest BCUT2D eigenvalue weighted by Gasteiger charge is -2.10. The molecule has 1 atom stereocenters. The fraction of sp³-hybridized carbons (Fsp3) is 0.600. The van der Waals surface area contributed by atoms with Gasteiger partial charge in [-0.25, -0.2) is 4.98 Å². The molecule has 0 aromatic carbocycles. The van der Waals surface area contributed by atoms with Gasteiger partial charge in [-0.1, -0.05) is 0 Å². The molecule has 1 heterocycles. The molecule has 1 aromatic rings. The average molecular weight is 212 g/mol. The second kappa shape index (κ2) is 5.04. The SMILES string of the molecule is COC(C)c1nc(C)c(CCO)c(=O)[nH]1. The van der Waals surface area contributed by atoms with E-state index in [1.807, 2.05) is 6.92 Å². The van der Waals surface area contributed by atoms with Crippen LogP contribution in [0, 0.1) is 6.92 Å². The third-order valence-electron chi connectivity index (χ3n) is 2.34. The molecule has 2 N–H and O–H groups in total. The number of aliphatic hydroxyl groups is 1. The number of nitrogens with one attached hydrogen (secondary N) is 1. The number of hydrogen-bond donors (Lipinski definition) is 2. The molecule has 1 aromatic heterocycles. The highest BCUT2D eigenvalue weighted by Crippen LogP contribution is 2.10. The summed E-state index contributed by atoms with van der Waals surface area (Å²) in [6.45, 7) is 3.51. The number of ether oxygens (including phenoxy) is 1. The summed E-state index contributed by atoms with van der Waals surface area (Å²) >= 11 is 0. The number of rotatable bonds is 4. The Morgan fingerprint density at radius 2 is 2.27 bits per heavy atom. The summed E-state index contributed by atoms with van der Waals surface area (Å²) in [5, 5.41) is 8.79. The average Bonchev–Trinajstić information content (AvgIpc) is 2.22. The molecule has 0 radical (unpaired) electrons. The zero-order valence-corrected chi connectivity index (χ0v) is 9.20. The topological polar surface area (TPSA) is 75.2 Å². The second-order valence-electron chi connectivity index (χ2n) is 3.37. The van der Waals surface area contributed by atoms with Crippen LogP contribution in [0.15, 0.2) is 4.79 Å². The molecule has 0 saturated heterocycles. The van der Waals surface area contributed by atoms with Gasteiger partial charge in [0.25, 0.3) is 5.56 Å². The van der Waals surface area contributed by atoms with Crippen molar-refractivity contribution in [3.8, 4) is 0 Å². The zero-order valence-electron chi connectivity index (χ0n) is 9.20. The summed E-state index contributed by atoms with van der Waals surface area (Å²) in [7, 11) is 1.56. The molecule has 1 rings (SSSR count). The quantitative estimate of drug-likeness (QED) is 0.753. The lowest BCUT2D eigenvalue weighted by Crippen LogP contribution is -2.21. The predicted molar refractivity (Wildman–Crippen MR) is 55.8 cm³/mol. The van der Waals surface area contributed by atoms with Crippen molar-refractivity contribution in [3.05, 3.63) is 27.4 Å². The van der Waals surface area contributed by atoms with Gasteiger partial charge >= 0.3 is 0 Å². The van der Waals surface area contributed by atoms with Crippen molar-refractivity contribution in [2.24, 2.45) is 0 Å². The predicted octanol–water partition coefficient (Wildman–Crippen LogP) is 0.321. The molecule has 0 amide bonds. The summed E-state index contributed by atoms with van der Waals surface area (Å²) in [4.78, 5) is 18.5. The Morgan fingerprint density at radius 1 is 1.60 bits per heavy atom. The minimum absolute atomic E-state index is 0.0508. The van der Waals surface area contributed by atoms with E-state index in [2.05, 4.69) is 9.97 Å². The van der Waals surface area contributed by atoms with Gasteiger partial charge in [-0.3, -0.25) is 4.79 Å². The molecule has 84 valence electrons. The van der Waals surface area contributed by atoms with E-state index in [9.17, 15) is 4.79 Å². The highest BCUT2D eigenvalue weighted by atomic mass is 16.5. The highest BCUT2D eigenvalue weighted by molar-refractivity contribution is 5.17. The Bertz CT molecular complexity index is 387. The van der Waals surface area contributed by atoms with Crippen LogP contribution >= 0.6 is 0 Å². The largest absolute Gasteiger partial charge is 0.396 e. The first-order valence-corrected chi connectivity index (χ1v) is 4.83. The fourth-order valence-electron chi connectivity index (χ4n) is 1.34. The summed E-state index contributed by atoms with van der Waals surface area (Å²) in [5.74, 6) is 0.515. The summed E-state index contributed by atoms with van der Waals surface area (Å²) < 4.78 is 5.06. The second-order valence-corrected chi connectivity index (χ2v) is 3.37. The van der Waals surface area contributed by atoms with Gasteiger partial charge in [-0.2, -0.15) is 0 Å². The van der Waals surface area contributed by atoms with Gasteiger partial charge in [0.1, 0.15) is 11.9 Å². The molecule has 5 heteroatoms. The van der Waals surface area contributed by atoms with E-state index in [1.165, 1.54) is 0 Å². The van der Waals surface area contributed by atoms with Crippen LogP contribution in [0.5, 0.6) is 0 Å². The molecule has 0 fully saturated rings. The summed E-state index contributed by atoms with van der Waals surface area (Å²) in [6, 6.07) is 0. The van der Waals surface area contributed by atoms with Crippen LogP contribution in [0.2, 0.25) is 0 Å². The molecular formula is C10H16N2O3. The number of H-pyrrole nitrogens is 1. The van der Waals surface area contributed by atoms with Crippen molar-refractivity contribution in [2.75, 3.05) is 13.7 Å². The third kappa shape index (κ3) is 2.64. The van der Waals surface area contributed by atoms with Crippen molar-refractivity contribution in [3.63, 3.8) is 0 Å². The van der Waals surface area contributed by atoms with Crippen molar-refractivity contribution in [1.29, 1.82) is 0 Å². The van der Waals surface area contributed by atoms with Crippen LogP contribution in [-0.2, 0) is 11.2 Å². The number of methoxy groups -OCH3 is 1. The van der Waals surface area contributed by atoms with Gasteiger partial charge in [0.2, 0.25) is 0 Å². The lowest BCUT2D eigenvalue weighted by molar-refractivity contribution is 0.111. The van der Waals surface area contributed by atoms with E-state index in [0.717, 1.165) is 0 Å². The van der Waals surface area contributed by atoms with Gasteiger partial charge in [0.15, 0.2) is 0 Å². The van der Waals surface area contributed by atoms with Crippen LogP contribution in [0.4, 0.5) is 0 Å². The molecular weight excluding hydrogens is 196 g/mol. The van der Waals surface area contributed by atoms with Crippen LogP contribution in [0.25, 0.3) is 0 Å². The van der Waals surface area contributed by atoms with Crippen molar-refractivity contribution < 1.29 is 9.84 Å². The maximum absolute atomic E-state index is 11.6. The molecule has 1 unspecified atom stereocenters. The standard InChI is InChI=1S/C10H16N2O3/c1-6-8(4-5-13)10(14)12-9(11-6)7(2)15-3/h7,13H,4-5H2,1-3H3,(H,11,12,14). The van der Waals surface area contributed by atoms with Crippen LogP contribution in [0.1, 0.15) is 30.1 Å². The molecule has 0 spiro atoms. The number of aliphatic hydroxyl groups excluding tert-OH is 1. The molecule has 0 aliphatic heterocycles. The van der Waals surface area contributed by atoms with E-state index < -0.39 is 0 Å². The van der Waals surface area contributed by atoms with Gasteiger partial charge in [0.05, 0.1) is 0 Å². The Labute approximate surface area is 88.1 Å². The van der Waals surface area contributed by atoms with Crippen molar-refractivity contribution >= 4 is 0 Å². The summed E-state index contributed by atoms with van der Waals surface area (Å²) in [5.41, 5.74) is 0.978. The number of nitrogens with zero attached hydrogens (tertiary/aromatic N) is 1. The Morgan fingerprint density at radius 3 is 2.73 bits per heavy atom. The molecule has 15 heavy (non-hydrogen) atoms. The van der Waals surface area contributed by atoms with Crippen molar-refractivity contribution in [2.45, 2.75) is 26.4 Å². The lowest BCUT2D eigenvalue weighted by atomic mass is 10.2. The smallest absolute Gasteiger partial charge is 0.254 e. The van der Waals surface area contributed by atoms with Gasteiger partial charge in [-0.15, -0.1) is 0 Å². The minimum Gasteiger partial charge on any atom is -0.396 e. The first-order chi connectivity index (χ1) is 7.10. The molecule has 0 bridgehead atoms. The number of aromatic nitrogens is 2. The van der Waals surface area contributed by atoms with E-state index in [0.29, 0.717) is 23.5 Å². The minimum atomic E-state index is -0.237. The van der Waals surface area contributed by atoms with Crippen LogP contribution in [-0.4, -0.2) is 28.8 Å². The summed E-state index contributed by atoms with van der Waals surface area (Å²) in [6.07, 6.45) is 0.0927. The van der Waals surface area contributed by atoms with Gasteiger partial charge in [-0.05, 0) is 13.8 Å². The maximum atomic E-state index is 11.6. The van der Waals surface area contributed by atoms with E-state index in [1.54, 1.807) is 14.0 Å². The Kier molecular flexibility index (Phi) is 3.99. The third-order valence-corrected chi connectivity index (χ3v) is 2.34. The molecule has 0 saturated carbocycles. The zero-order chi connectivity index (χ0) is 11.4. The van der Waals surface area contributed by atoms with Gasteiger partial charge < -0.3 is 14.8 Å². The maximum Gasteiger partial charge on any atom is 0.254 e. The van der Waals surface area contributed by atoms with E-state index >= 15 is 0 Å². The number of hydrogen-bond acceptors (Lipinski definition) is 4. The fourth-order valence-corrected chi connectivity index (χ4v) is 1.34. The first-order valence-electron chi connectivity index (χ1n) is 4.83. The first kappa shape index (κ1) is 11.9. The molecule has 0 aliphatic rings. The van der Waals surface area contributed by atoms with Crippen LogP contribution in [0.3, 0.4) is 0 Å². The normalized spacial score (nSPS) is 12.8. The van der Waals surface area contributed by atoms with Crippen molar-refractivity contribution in [1.82, 2.24) is 9.97 Å². The number of aryl methyl sites for hydroxylation is 1. The molecule has 5 nitrogen and oxygen atoms in total. The van der Waals surface area contributed by atoms with Crippen LogP contribution < -0.4 is 5.56 Å². The number of aromatic amines is 1. The van der Waals surface area contributed by atoms with Gasteiger partial charge in [0, 0.05) is 31.4 Å². The molecule has 0 aliphatic carbocycles. The monoisotopic (exact) mass is 212 g/mol. The highest BCUT2D eigenvalue weighted by Gasteiger charge is 2.11.